The number of carboxylic acid groups (broad SMARTS) is 1. The minimum Gasteiger partial charge on any atom is -0.495 e. The van der Waals surface area contributed by atoms with E-state index in [1.54, 1.807) is 12.1 Å². The normalized spacial score (nSPS) is 11.0. The van der Waals surface area contributed by atoms with Crippen molar-refractivity contribution in [2.45, 2.75) is 11.3 Å². The Kier molecular flexibility index (Phi) is 5.12. The van der Waals surface area contributed by atoms with E-state index in [1.165, 1.54) is 37.4 Å². The van der Waals surface area contributed by atoms with Gasteiger partial charge in [0, 0.05) is 10.7 Å². The predicted octanol–water partition coefficient (Wildman–Crippen LogP) is 2.78. The number of sulfonamides is 1. The van der Waals surface area contributed by atoms with Crippen molar-refractivity contribution in [1.82, 2.24) is 0 Å². The molecule has 2 rings (SSSR count). The molecule has 0 saturated heterocycles. The van der Waals surface area contributed by atoms with Crippen LogP contribution in [0.15, 0.2) is 47.4 Å². The van der Waals surface area contributed by atoms with E-state index < -0.39 is 16.0 Å². The molecule has 0 spiro atoms. The van der Waals surface area contributed by atoms with Crippen LogP contribution in [0.1, 0.15) is 5.56 Å². The second-order valence-corrected chi connectivity index (χ2v) is 6.76. The average Bonchev–Trinajstić information content (AvgIpc) is 2.49. The Balaban J connectivity index is 2.40. The summed E-state index contributed by atoms with van der Waals surface area (Å²) in [6.45, 7) is 0. The summed E-state index contributed by atoms with van der Waals surface area (Å²) >= 11 is 5.76. The van der Waals surface area contributed by atoms with Gasteiger partial charge in [0.15, 0.2) is 0 Å². The topological polar surface area (TPSA) is 92.7 Å². The molecule has 2 N–H and O–H groups in total. The summed E-state index contributed by atoms with van der Waals surface area (Å²) in [5.41, 5.74) is 0.690. The van der Waals surface area contributed by atoms with E-state index in [0.717, 1.165) is 0 Å². The third kappa shape index (κ3) is 4.37. The number of hydrogen-bond acceptors (Lipinski definition) is 4. The molecule has 122 valence electrons. The number of ether oxygens (including phenoxy) is 1. The maximum atomic E-state index is 12.5. The second kappa shape index (κ2) is 6.89. The zero-order valence-electron chi connectivity index (χ0n) is 12.1. The summed E-state index contributed by atoms with van der Waals surface area (Å²) in [7, 11) is -2.60. The van der Waals surface area contributed by atoms with Crippen LogP contribution in [0, 0.1) is 0 Å². The van der Waals surface area contributed by atoms with Crippen LogP contribution in [0.4, 0.5) is 5.69 Å². The van der Waals surface area contributed by atoms with E-state index in [4.69, 9.17) is 21.4 Å². The maximum Gasteiger partial charge on any atom is 0.307 e. The standard InChI is InChI=1S/C15H14ClNO5S/c1-22-13-7-2-10(9-15(18)19)8-14(13)23(20,21)17-12-5-3-11(16)4-6-12/h2-8,17H,9H2,1H3,(H,18,19). The van der Waals surface area contributed by atoms with Gasteiger partial charge < -0.3 is 9.84 Å². The van der Waals surface area contributed by atoms with Crippen LogP contribution in [0.3, 0.4) is 0 Å². The Labute approximate surface area is 138 Å². The van der Waals surface area contributed by atoms with Gasteiger partial charge in [0.05, 0.1) is 13.5 Å². The molecule has 0 amide bonds. The summed E-state index contributed by atoms with van der Waals surface area (Å²) in [4.78, 5) is 10.7. The van der Waals surface area contributed by atoms with Gasteiger partial charge in [-0.2, -0.15) is 0 Å². The van der Waals surface area contributed by atoms with Crippen LogP contribution in [0.2, 0.25) is 5.02 Å². The number of halogens is 1. The van der Waals surface area contributed by atoms with E-state index in [9.17, 15) is 13.2 Å². The molecule has 0 fully saturated rings. The average molecular weight is 356 g/mol. The van der Waals surface area contributed by atoms with E-state index in [0.29, 0.717) is 16.3 Å². The van der Waals surface area contributed by atoms with Gasteiger partial charge in [-0.15, -0.1) is 0 Å². The Morgan fingerprint density at radius 3 is 2.43 bits per heavy atom. The largest absolute Gasteiger partial charge is 0.495 e. The summed E-state index contributed by atoms with van der Waals surface area (Å²) in [5, 5.41) is 9.32. The number of aliphatic carboxylic acids is 1. The lowest BCUT2D eigenvalue weighted by molar-refractivity contribution is -0.136. The number of methoxy groups -OCH3 is 1. The minimum atomic E-state index is -3.94. The maximum absolute atomic E-state index is 12.5. The van der Waals surface area contributed by atoms with Crippen molar-refractivity contribution in [1.29, 1.82) is 0 Å². The van der Waals surface area contributed by atoms with Crippen LogP contribution in [0.25, 0.3) is 0 Å². The first-order valence-electron chi connectivity index (χ1n) is 6.49. The lowest BCUT2D eigenvalue weighted by Gasteiger charge is -2.13. The minimum absolute atomic E-state index is 0.126. The SMILES string of the molecule is COc1ccc(CC(=O)O)cc1S(=O)(=O)Nc1ccc(Cl)cc1. The first kappa shape index (κ1) is 17.1. The van der Waals surface area contributed by atoms with Crippen LogP contribution >= 0.6 is 11.6 Å². The Hall–Kier alpha value is -2.25. The highest BCUT2D eigenvalue weighted by Crippen LogP contribution is 2.27. The first-order chi connectivity index (χ1) is 10.8. The zero-order valence-corrected chi connectivity index (χ0v) is 13.7. The molecular formula is C15H14ClNO5S. The van der Waals surface area contributed by atoms with E-state index in [1.807, 2.05) is 0 Å². The summed E-state index contributed by atoms with van der Waals surface area (Å²) < 4.78 is 32.5. The van der Waals surface area contributed by atoms with Gasteiger partial charge in [0.2, 0.25) is 0 Å². The smallest absolute Gasteiger partial charge is 0.307 e. The summed E-state index contributed by atoms with van der Waals surface area (Å²) in [6, 6.07) is 10.4. The highest BCUT2D eigenvalue weighted by atomic mass is 35.5. The summed E-state index contributed by atoms with van der Waals surface area (Å²) in [6.07, 6.45) is -0.284. The van der Waals surface area contributed by atoms with Crippen LogP contribution < -0.4 is 9.46 Å². The van der Waals surface area contributed by atoms with Gasteiger partial charge in [-0.25, -0.2) is 8.42 Å². The van der Waals surface area contributed by atoms with Crippen molar-refractivity contribution < 1.29 is 23.1 Å². The van der Waals surface area contributed by atoms with Crippen molar-refractivity contribution in [3.05, 3.63) is 53.1 Å². The Bertz CT molecular complexity index is 818. The molecule has 0 atom stereocenters. The van der Waals surface area contributed by atoms with Crippen molar-refractivity contribution in [3.8, 4) is 5.75 Å². The quantitative estimate of drug-likeness (QED) is 0.831. The van der Waals surface area contributed by atoms with Crippen LogP contribution in [-0.2, 0) is 21.2 Å². The Morgan fingerprint density at radius 2 is 1.87 bits per heavy atom. The highest BCUT2D eigenvalue weighted by molar-refractivity contribution is 7.92. The molecule has 23 heavy (non-hydrogen) atoms. The van der Waals surface area contributed by atoms with Gasteiger partial charge >= 0.3 is 5.97 Å². The zero-order chi connectivity index (χ0) is 17.0. The number of nitrogens with one attached hydrogen (secondary N) is 1. The fourth-order valence-electron chi connectivity index (χ4n) is 1.94. The lowest BCUT2D eigenvalue weighted by atomic mass is 10.1. The molecule has 0 saturated carbocycles. The lowest BCUT2D eigenvalue weighted by Crippen LogP contribution is -2.15. The predicted molar refractivity (Wildman–Crippen MR) is 86.6 cm³/mol. The number of carbonyl (C=O) groups is 1. The number of benzene rings is 2. The molecule has 8 heteroatoms. The number of carboxylic acids is 1. The van der Waals surface area contributed by atoms with E-state index in [2.05, 4.69) is 4.72 Å². The van der Waals surface area contributed by atoms with Crippen molar-refractivity contribution in [2.75, 3.05) is 11.8 Å². The van der Waals surface area contributed by atoms with E-state index >= 15 is 0 Å². The van der Waals surface area contributed by atoms with Gasteiger partial charge in [-0.3, -0.25) is 9.52 Å². The molecule has 2 aromatic carbocycles. The number of hydrogen-bond donors (Lipinski definition) is 2. The summed E-state index contributed by atoms with van der Waals surface area (Å²) in [5.74, 6) is -0.926. The molecule has 6 nitrogen and oxygen atoms in total. The Morgan fingerprint density at radius 1 is 1.22 bits per heavy atom. The molecule has 0 unspecified atom stereocenters. The first-order valence-corrected chi connectivity index (χ1v) is 8.35. The number of anilines is 1. The van der Waals surface area contributed by atoms with Crippen molar-refractivity contribution in [2.24, 2.45) is 0 Å². The fourth-order valence-corrected chi connectivity index (χ4v) is 3.35. The van der Waals surface area contributed by atoms with Crippen LogP contribution in [0.5, 0.6) is 5.75 Å². The van der Waals surface area contributed by atoms with Crippen LogP contribution in [-0.4, -0.2) is 26.6 Å². The van der Waals surface area contributed by atoms with Crippen molar-refractivity contribution in [3.63, 3.8) is 0 Å². The highest BCUT2D eigenvalue weighted by Gasteiger charge is 2.21. The van der Waals surface area contributed by atoms with Gasteiger partial charge in [-0.1, -0.05) is 17.7 Å². The van der Waals surface area contributed by atoms with Gasteiger partial charge in [-0.05, 0) is 42.0 Å². The molecule has 0 aromatic heterocycles. The van der Waals surface area contributed by atoms with Crippen molar-refractivity contribution >= 4 is 33.3 Å². The molecule has 0 bridgehead atoms. The number of rotatable bonds is 6. The molecule has 0 heterocycles. The molecule has 0 aliphatic carbocycles. The third-order valence-corrected chi connectivity index (χ3v) is 4.62. The monoisotopic (exact) mass is 355 g/mol. The molecule has 0 radical (unpaired) electrons. The second-order valence-electron chi connectivity index (χ2n) is 4.67. The van der Waals surface area contributed by atoms with Gasteiger partial charge in [0.1, 0.15) is 10.6 Å². The fraction of sp³-hybridized carbons (Fsp3) is 0.133. The van der Waals surface area contributed by atoms with Gasteiger partial charge in [0.25, 0.3) is 10.0 Å². The molecular weight excluding hydrogens is 342 g/mol. The third-order valence-electron chi connectivity index (χ3n) is 2.97. The molecule has 0 aliphatic heterocycles. The van der Waals surface area contributed by atoms with E-state index in [-0.39, 0.29) is 17.1 Å². The molecule has 0 aliphatic rings. The molecule has 2 aromatic rings.